The molecule has 4 atom stereocenters. The summed E-state index contributed by atoms with van der Waals surface area (Å²) in [6.45, 7) is 7.38. The molecule has 2 rings (SSSR count). The summed E-state index contributed by atoms with van der Waals surface area (Å²) in [6, 6.07) is 0. The van der Waals surface area contributed by atoms with Gasteiger partial charge in [0.25, 0.3) is 0 Å². The summed E-state index contributed by atoms with van der Waals surface area (Å²) in [6.07, 6.45) is 6.67. The van der Waals surface area contributed by atoms with Gasteiger partial charge in [-0.2, -0.15) is 0 Å². The van der Waals surface area contributed by atoms with Crippen molar-refractivity contribution in [3.05, 3.63) is 0 Å². The van der Waals surface area contributed by atoms with Crippen molar-refractivity contribution in [2.75, 3.05) is 13.4 Å². The normalized spacial score (nSPS) is 38.2. The van der Waals surface area contributed by atoms with E-state index in [9.17, 15) is 4.79 Å². The molecule has 0 saturated heterocycles. The third kappa shape index (κ3) is 3.03. The van der Waals surface area contributed by atoms with Crippen LogP contribution in [0.1, 0.15) is 59.3 Å². The van der Waals surface area contributed by atoms with Crippen LogP contribution in [0.3, 0.4) is 0 Å². The van der Waals surface area contributed by atoms with Gasteiger partial charge in [-0.25, -0.2) is 0 Å². The van der Waals surface area contributed by atoms with Crippen LogP contribution in [0, 0.1) is 17.3 Å². The van der Waals surface area contributed by atoms with Crippen molar-refractivity contribution in [3.8, 4) is 0 Å². The van der Waals surface area contributed by atoms with Crippen LogP contribution in [0.4, 0.5) is 0 Å². The highest BCUT2D eigenvalue weighted by molar-refractivity contribution is 5.81. The molecule has 0 N–H and O–H groups in total. The Labute approximate surface area is 117 Å². The summed E-state index contributed by atoms with van der Waals surface area (Å²) in [5.41, 5.74) is 0.310. The van der Waals surface area contributed by atoms with Gasteiger partial charge >= 0.3 is 0 Å². The van der Waals surface area contributed by atoms with E-state index in [1.165, 1.54) is 19.3 Å². The zero-order valence-electron chi connectivity index (χ0n) is 12.6. The molecule has 0 radical (unpaired) electrons. The second-order valence-corrected chi connectivity index (χ2v) is 6.35. The van der Waals surface area contributed by atoms with E-state index in [0.29, 0.717) is 36.9 Å². The van der Waals surface area contributed by atoms with E-state index in [0.717, 1.165) is 12.8 Å². The summed E-state index contributed by atoms with van der Waals surface area (Å²) in [7, 11) is 0. The second-order valence-electron chi connectivity index (χ2n) is 6.35. The first-order valence-corrected chi connectivity index (χ1v) is 7.84. The molecular formula is C16H28O3. The average Bonchev–Trinajstić information content (AvgIpc) is 2.75. The predicted octanol–water partition coefficient (Wildman–Crippen LogP) is 3.56. The molecule has 19 heavy (non-hydrogen) atoms. The molecular weight excluding hydrogens is 240 g/mol. The van der Waals surface area contributed by atoms with E-state index in [-0.39, 0.29) is 12.0 Å². The van der Waals surface area contributed by atoms with Crippen LogP contribution < -0.4 is 0 Å². The third-order valence-corrected chi connectivity index (χ3v) is 5.23. The fourth-order valence-corrected chi connectivity index (χ4v) is 4.24. The summed E-state index contributed by atoms with van der Waals surface area (Å²) in [5, 5.41) is 0. The molecule has 3 nitrogen and oxygen atoms in total. The number of hydrogen-bond donors (Lipinski definition) is 0. The first kappa shape index (κ1) is 15.0. The highest BCUT2D eigenvalue weighted by Gasteiger charge is 2.52. The Morgan fingerprint density at radius 1 is 1.26 bits per heavy atom. The van der Waals surface area contributed by atoms with Crippen molar-refractivity contribution >= 4 is 5.78 Å². The minimum Gasteiger partial charge on any atom is -0.356 e. The highest BCUT2D eigenvalue weighted by atomic mass is 16.7. The monoisotopic (exact) mass is 268 g/mol. The van der Waals surface area contributed by atoms with E-state index in [4.69, 9.17) is 9.47 Å². The van der Waals surface area contributed by atoms with Crippen LogP contribution in [0.2, 0.25) is 0 Å². The highest BCUT2D eigenvalue weighted by Crippen LogP contribution is 2.55. The number of ether oxygens (including phenoxy) is 2. The van der Waals surface area contributed by atoms with E-state index in [1.807, 2.05) is 13.8 Å². The fraction of sp³-hybridized carbons (Fsp3) is 0.938. The standard InChI is InChI=1S/C16H28O3/c1-4-13(17)12-7-6-9-16(3)10-8-14(15(12)16)19-11-18-5-2/h12,14-15H,4-11H2,1-3H3/t12-,14-,15+,16+/m1/s1. The average molecular weight is 268 g/mol. The van der Waals surface area contributed by atoms with Crippen molar-refractivity contribution in [1.29, 1.82) is 0 Å². The molecule has 0 bridgehead atoms. The van der Waals surface area contributed by atoms with Crippen LogP contribution in [-0.2, 0) is 14.3 Å². The minimum absolute atomic E-state index is 0.220. The summed E-state index contributed by atoms with van der Waals surface area (Å²) < 4.78 is 11.3. The number of carbonyl (C=O) groups is 1. The van der Waals surface area contributed by atoms with Gasteiger partial charge in [0.15, 0.2) is 0 Å². The van der Waals surface area contributed by atoms with Gasteiger partial charge in [-0.15, -0.1) is 0 Å². The Morgan fingerprint density at radius 3 is 2.74 bits per heavy atom. The van der Waals surface area contributed by atoms with Gasteiger partial charge < -0.3 is 9.47 Å². The lowest BCUT2D eigenvalue weighted by Gasteiger charge is -2.43. The quantitative estimate of drug-likeness (QED) is 0.546. The number of carbonyl (C=O) groups excluding carboxylic acids is 1. The molecule has 0 spiro atoms. The fourth-order valence-electron chi connectivity index (χ4n) is 4.24. The summed E-state index contributed by atoms with van der Waals surface area (Å²) >= 11 is 0. The molecule has 2 fully saturated rings. The number of Topliss-reactive ketones (excluding diaryl/α,β-unsaturated/α-hetero) is 1. The maximum Gasteiger partial charge on any atom is 0.147 e. The molecule has 0 amide bonds. The lowest BCUT2D eigenvalue weighted by molar-refractivity contribution is -0.140. The molecule has 2 aliphatic rings. The smallest absolute Gasteiger partial charge is 0.147 e. The molecule has 0 aromatic heterocycles. The second kappa shape index (κ2) is 6.36. The van der Waals surface area contributed by atoms with Gasteiger partial charge in [0.05, 0.1) is 6.10 Å². The largest absolute Gasteiger partial charge is 0.356 e. The van der Waals surface area contributed by atoms with E-state index < -0.39 is 0 Å². The maximum atomic E-state index is 12.2. The molecule has 0 aromatic rings. The molecule has 0 unspecified atom stereocenters. The van der Waals surface area contributed by atoms with E-state index >= 15 is 0 Å². The van der Waals surface area contributed by atoms with Crippen molar-refractivity contribution in [2.45, 2.75) is 65.4 Å². The molecule has 0 aromatic carbocycles. The number of ketones is 1. The number of hydrogen-bond acceptors (Lipinski definition) is 3. The van der Waals surface area contributed by atoms with Gasteiger partial charge in [-0.1, -0.05) is 20.3 Å². The van der Waals surface area contributed by atoms with Gasteiger partial charge in [0.1, 0.15) is 12.6 Å². The Bertz CT molecular complexity index is 315. The van der Waals surface area contributed by atoms with Crippen LogP contribution in [0.25, 0.3) is 0 Å². The van der Waals surface area contributed by atoms with E-state index in [1.54, 1.807) is 0 Å². The Balaban J connectivity index is 2.08. The topological polar surface area (TPSA) is 35.5 Å². The molecule has 0 heterocycles. The first-order valence-electron chi connectivity index (χ1n) is 7.84. The SMILES string of the molecule is CCOCO[C@@H]1CC[C@]2(C)CCC[C@H](C(=O)CC)[C@@H]12. The Morgan fingerprint density at radius 2 is 2.05 bits per heavy atom. The van der Waals surface area contributed by atoms with Crippen LogP contribution in [0.15, 0.2) is 0 Å². The summed E-state index contributed by atoms with van der Waals surface area (Å²) in [5.74, 6) is 1.06. The molecule has 2 aliphatic carbocycles. The molecule has 2 saturated carbocycles. The Kier molecular flexibility index (Phi) is 5.02. The van der Waals surface area contributed by atoms with Crippen molar-refractivity contribution in [1.82, 2.24) is 0 Å². The molecule has 110 valence electrons. The molecule has 0 aliphatic heterocycles. The zero-order valence-corrected chi connectivity index (χ0v) is 12.6. The van der Waals surface area contributed by atoms with Gasteiger partial charge in [-0.3, -0.25) is 4.79 Å². The van der Waals surface area contributed by atoms with Crippen LogP contribution >= 0.6 is 0 Å². The Hall–Kier alpha value is -0.410. The van der Waals surface area contributed by atoms with Crippen molar-refractivity contribution < 1.29 is 14.3 Å². The number of fused-ring (bicyclic) bond motifs is 1. The van der Waals surface area contributed by atoms with Gasteiger partial charge in [0, 0.05) is 24.9 Å². The van der Waals surface area contributed by atoms with Crippen molar-refractivity contribution in [2.24, 2.45) is 17.3 Å². The van der Waals surface area contributed by atoms with Crippen molar-refractivity contribution in [3.63, 3.8) is 0 Å². The first-order chi connectivity index (χ1) is 9.12. The zero-order chi connectivity index (χ0) is 13.9. The predicted molar refractivity (Wildman–Crippen MR) is 74.8 cm³/mol. The number of rotatable bonds is 6. The molecule has 3 heteroatoms. The minimum atomic E-state index is 0.220. The van der Waals surface area contributed by atoms with Crippen LogP contribution in [0.5, 0.6) is 0 Å². The third-order valence-electron chi connectivity index (χ3n) is 5.23. The lowest BCUT2D eigenvalue weighted by Crippen LogP contribution is -2.42. The van der Waals surface area contributed by atoms with Crippen LogP contribution in [-0.4, -0.2) is 25.3 Å². The lowest BCUT2D eigenvalue weighted by atomic mass is 9.62. The maximum absolute atomic E-state index is 12.2. The summed E-state index contributed by atoms with van der Waals surface area (Å²) in [4.78, 5) is 12.2. The van der Waals surface area contributed by atoms with E-state index in [2.05, 4.69) is 6.92 Å². The van der Waals surface area contributed by atoms with Gasteiger partial charge in [-0.05, 0) is 38.0 Å². The van der Waals surface area contributed by atoms with Gasteiger partial charge in [0.2, 0.25) is 0 Å².